The van der Waals surface area contributed by atoms with E-state index in [1.807, 2.05) is 24.4 Å². The Morgan fingerprint density at radius 3 is 2.73 bits per heavy atom. The summed E-state index contributed by atoms with van der Waals surface area (Å²) in [7, 11) is 0. The molecule has 2 saturated heterocycles. The number of fused-ring (bicyclic) bond motifs is 1. The summed E-state index contributed by atoms with van der Waals surface area (Å²) in [5.41, 5.74) is 2.58. The molecule has 1 N–H and O–H groups in total. The van der Waals surface area contributed by atoms with Gasteiger partial charge < -0.3 is 19.9 Å². The lowest BCUT2D eigenvalue weighted by Crippen LogP contribution is -2.44. The number of hydrogen-bond acceptors (Lipinski definition) is 7. The second-order valence-electron chi connectivity index (χ2n) is 8.06. The number of pyridine rings is 1. The third kappa shape index (κ3) is 4.64. The van der Waals surface area contributed by atoms with Crippen molar-refractivity contribution in [2.24, 2.45) is 0 Å². The molecule has 0 saturated carbocycles. The molecule has 1 unspecified atom stereocenters. The van der Waals surface area contributed by atoms with Crippen LogP contribution in [0.15, 0.2) is 59.0 Å². The molecule has 5 heterocycles. The summed E-state index contributed by atoms with van der Waals surface area (Å²) in [6.07, 6.45) is 10.9. The fourth-order valence-electron chi connectivity index (χ4n) is 4.40. The van der Waals surface area contributed by atoms with Gasteiger partial charge in [-0.2, -0.15) is 0 Å². The van der Waals surface area contributed by atoms with Crippen LogP contribution in [-0.4, -0.2) is 76.5 Å². The average molecular weight is 446 g/mol. The summed E-state index contributed by atoms with van der Waals surface area (Å²) in [6.45, 7) is 6.53. The molecule has 0 aromatic carbocycles. The van der Waals surface area contributed by atoms with Crippen LogP contribution in [0.1, 0.15) is 12.8 Å². The van der Waals surface area contributed by atoms with E-state index in [1.54, 1.807) is 11.8 Å². The van der Waals surface area contributed by atoms with E-state index in [1.165, 1.54) is 16.2 Å². The molecule has 30 heavy (non-hydrogen) atoms. The molecule has 1 atom stereocenters. The van der Waals surface area contributed by atoms with Crippen LogP contribution in [0.25, 0.3) is 0 Å². The zero-order valence-corrected chi connectivity index (χ0v) is 18.6. The number of aromatic nitrogens is 1. The topological polar surface area (TPSA) is 43.9 Å². The molecule has 4 aliphatic rings. The highest BCUT2D eigenvalue weighted by atomic mass is 35.5. The first-order valence-electron chi connectivity index (χ1n) is 10.7. The second-order valence-corrected chi connectivity index (χ2v) is 9.98. The highest BCUT2D eigenvalue weighted by Crippen LogP contribution is 2.45. The number of rotatable bonds is 5. The van der Waals surface area contributed by atoms with Crippen molar-refractivity contribution in [2.75, 3.05) is 51.4 Å². The number of halogens is 1. The minimum absolute atomic E-state index is 0.0176. The summed E-state index contributed by atoms with van der Waals surface area (Å²) < 4.78 is 5.58. The van der Waals surface area contributed by atoms with Crippen molar-refractivity contribution < 1.29 is 4.74 Å². The summed E-state index contributed by atoms with van der Waals surface area (Å²) in [4.78, 5) is 13.0. The van der Waals surface area contributed by atoms with Crippen LogP contribution in [0.3, 0.4) is 0 Å². The van der Waals surface area contributed by atoms with Gasteiger partial charge >= 0.3 is 0 Å². The third-order valence-electron chi connectivity index (χ3n) is 5.97. The molecule has 160 valence electrons. The largest absolute Gasteiger partial charge is 0.378 e. The average Bonchev–Trinajstić information content (AvgIpc) is 3.16. The maximum atomic E-state index is 6.45. The lowest BCUT2D eigenvalue weighted by molar-refractivity contribution is 0.0536. The van der Waals surface area contributed by atoms with Crippen molar-refractivity contribution in [3.8, 4) is 0 Å². The first-order valence-corrected chi connectivity index (χ1v) is 12.0. The van der Waals surface area contributed by atoms with Gasteiger partial charge in [-0.25, -0.2) is 4.98 Å². The van der Waals surface area contributed by atoms with Crippen LogP contribution in [0.5, 0.6) is 0 Å². The van der Waals surface area contributed by atoms with Gasteiger partial charge in [0.2, 0.25) is 0 Å². The van der Waals surface area contributed by atoms with Crippen molar-refractivity contribution in [3.63, 3.8) is 0 Å². The molecule has 1 aromatic rings. The van der Waals surface area contributed by atoms with Crippen molar-refractivity contribution in [3.05, 3.63) is 59.0 Å². The SMILES string of the molecule is ClC1C=C2C(=CN(CN3CCC(Nc4ccccn4)CC3)C=C2N2CCOCC2)S1. The first-order chi connectivity index (χ1) is 14.7. The molecule has 8 heteroatoms. The Morgan fingerprint density at radius 1 is 1.13 bits per heavy atom. The van der Waals surface area contributed by atoms with Gasteiger partial charge in [-0.3, -0.25) is 4.90 Å². The van der Waals surface area contributed by atoms with Crippen LogP contribution in [0, 0.1) is 0 Å². The van der Waals surface area contributed by atoms with Crippen LogP contribution in [0.4, 0.5) is 5.82 Å². The minimum Gasteiger partial charge on any atom is -0.378 e. The van der Waals surface area contributed by atoms with Gasteiger partial charge in [0.25, 0.3) is 0 Å². The molecule has 5 rings (SSSR count). The number of alkyl halides is 1. The van der Waals surface area contributed by atoms with Gasteiger partial charge in [0.1, 0.15) is 10.5 Å². The zero-order valence-electron chi connectivity index (χ0n) is 17.0. The van der Waals surface area contributed by atoms with Crippen molar-refractivity contribution in [2.45, 2.75) is 23.6 Å². The predicted octanol–water partition coefficient (Wildman–Crippen LogP) is 3.48. The lowest BCUT2D eigenvalue weighted by atomic mass is 10.1. The molecule has 0 radical (unpaired) electrons. The number of thioether (sulfide) groups is 1. The van der Waals surface area contributed by atoms with E-state index in [2.05, 4.69) is 43.5 Å². The highest BCUT2D eigenvalue weighted by Gasteiger charge is 2.31. The normalized spacial score (nSPS) is 25.5. The van der Waals surface area contributed by atoms with Gasteiger partial charge in [0, 0.05) is 61.3 Å². The molecule has 0 amide bonds. The maximum absolute atomic E-state index is 6.45. The second kappa shape index (κ2) is 9.22. The Hall–Kier alpha value is -1.67. The van der Waals surface area contributed by atoms with Crippen LogP contribution in [0.2, 0.25) is 0 Å². The van der Waals surface area contributed by atoms with E-state index in [-0.39, 0.29) is 4.71 Å². The van der Waals surface area contributed by atoms with E-state index in [0.29, 0.717) is 6.04 Å². The molecule has 2 fully saturated rings. The number of piperidine rings is 1. The summed E-state index contributed by atoms with van der Waals surface area (Å²) in [6, 6.07) is 6.52. The Balaban J connectivity index is 1.21. The summed E-state index contributed by atoms with van der Waals surface area (Å²) >= 11 is 8.19. The number of nitrogens with zero attached hydrogens (tertiary/aromatic N) is 4. The zero-order chi connectivity index (χ0) is 20.3. The first kappa shape index (κ1) is 20.2. The van der Waals surface area contributed by atoms with E-state index in [4.69, 9.17) is 16.3 Å². The Kier molecular flexibility index (Phi) is 6.22. The molecule has 6 nitrogen and oxygen atoms in total. The van der Waals surface area contributed by atoms with Gasteiger partial charge in [-0.15, -0.1) is 11.6 Å². The molecule has 0 aliphatic carbocycles. The van der Waals surface area contributed by atoms with E-state index in [9.17, 15) is 0 Å². The van der Waals surface area contributed by atoms with Gasteiger partial charge in [0.05, 0.1) is 25.6 Å². The summed E-state index contributed by atoms with van der Waals surface area (Å²) in [5, 5.41) is 3.57. The molecule has 4 aliphatic heterocycles. The highest BCUT2D eigenvalue weighted by molar-refractivity contribution is 8.05. The third-order valence-corrected chi connectivity index (χ3v) is 7.30. The van der Waals surface area contributed by atoms with Gasteiger partial charge in [0.15, 0.2) is 0 Å². The fourth-order valence-corrected chi connectivity index (χ4v) is 5.76. The predicted molar refractivity (Wildman–Crippen MR) is 123 cm³/mol. The van der Waals surface area contributed by atoms with E-state index in [0.717, 1.165) is 64.7 Å². The van der Waals surface area contributed by atoms with Gasteiger partial charge in [-0.05, 0) is 31.1 Å². The number of morpholine rings is 1. The van der Waals surface area contributed by atoms with Gasteiger partial charge in [-0.1, -0.05) is 17.8 Å². The smallest absolute Gasteiger partial charge is 0.126 e. The molecular weight excluding hydrogens is 418 g/mol. The number of allylic oxidation sites excluding steroid dienone is 1. The van der Waals surface area contributed by atoms with Crippen LogP contribution in [-0.2, 0) is 4.74 Å². The Morgan fingerprint density at radius 2 is 1.97 bits per heavy atom. The van der Waals surface area contributed by atoms with Crippen LogP contribution >= 0.6 is 23.4 Å². The number of hydrogen-bond donors (Lipinski definition) is 1. The molecule has 0 bridgehead atoms. The Bertz CT molecular complexity index is 831. The molecule has 1 aromatic heterocycles. The number of nitrogens with one attached hydrogen (secondary N) is 1. The number of likely N-dealkylation sites (tertiary alicyclic amines) is 1. The fraction of sp³-hybridized carbons (Fsp3) is 0.500. The van der Waals surface area contributed by atoms with E-state index < -0.39 is 0 Å². The van der Waals surface area contributed by atoms with Crippen molar-refractivity contribution in [1.82, 2.24) is 19.7 Å². The number of anilines is 1. The van der Waals surface area contributed by atoms with Crippen molar-refractivity contribution >= 4 is 29.2 Å². The van der Waals surface area contributed by atoms with Crippen molar-refractivity contribution in [1.29, 1.82) is 0 Å². The maximum Gasteiger partial charge on any atom is 0.126 e. The Labute approximate surface area is 187 Å². The molecule has 0 spiro atoms. The number of ether oxygens (including phenoxy) is 1. The lowest BCUT2D eigenvalue weighted by Gasteiger charge is -2.38. The monoisotopic (exact) mass is 445 g/mol. The standard InChI is InChI=1S/C22H28ClN5OS/c23-21-13-18-19(28-9-11-29-12-10-28)14-27(15-20(18)30-21)16-26-7-4-17(5-8-26)25-22-3-1-2-6-24-22/h1-3,6,13-15,17,21H,4-5,7-12,16H2,(H,24,25). The summed E-state index contributed by atoms with van der Waals surface area (Å²) in [5.74, 6) is 0.975. The molecular formula is C22H28ClN5OS. The quantitative estimate of drug-likeness (QED) is 0.696. The van der Waals surface area contributed by atoms with Crippen LogP contribution < -0.4 is 5.32 Å². The van der Waals surface area contributed by atoms with E-state index >= 15 is 0 Å². The minimum atomic E-state index is 0.0176.